The molecule has 0 saturated carbocycles. The Kier molecular flexibility index (Phi) is 7.61. The first-order valence-electron chi connectivity index (χ1n) is 7.08. The number of carboxylic acids is 1. The molecule has 8 heteroatoms. The molecule has 1 heterocycles. The molecule has 128 valence electrons. The minimum Gasteiger partial charge on any atom is -0.495 e. The Balaban J connectivity index is 0.00000264. The fourth-order valence-corrected chi connectivity index (χ4v) is 2.68. The number of amides is 1. The van der Waals surface area contributed by atoms with Gasteiger partial charge in [-0.05, 0) is 44.1 Å². The van der Waals surface area contributed by atoms with Crippen molar-refractivity contribution in [3.63, 3.8) is 0 Å². The van der Waals surface area contributed by atoms with Gasteiger partial charge >= 0.3 is 5.97 Å². The maximum atomic E-state index is 12.1. The molecule has 1 fully saturated rings. The number of hydrogen-bond acceptors (Lipinski definition) is 4. The van der Waals surface area contributed by atoms with Crippen LogP contribution in [0, 0.1) is 5.92 Å². The molecule has 0 atom stereocenters. The van der Waals surface area contributed by atoms with Crippen molar-refractivity contribution >= 4 is 41.6 Å². The Morgan fingerprint density at radius 2 is 2.04 bits per heavy atom. The topological polar surface area (TPSA) is 78.9 Å². The molecule has 0 spiro atoms. The zero-order chi connectivity index (χ0) is 16.1. The zero-order valence-electron chi connectivity index (χ0n) is 12.8. The fraction of sp³-hybridized carbons (Fsp3) is 0.467. The Hall–Kier alpha value is -1.50. The second kappa shape index (κ2) is 8.96. The molecule has 0 unspecified atom stereocenters. The highest BCUT2D eigenvalue weighted by Gasteiger charge is 2.25. The standard InChI is InChI=1S/C15H19ClN2O4.ClH/c1-22-13-3-2-11(16)8-12(13)17-14(19)9-18-6-4-10(5-7-18)15(20)21;/h2-3,8,10H,4-7,9H2,1H3,(H,17,19)(H,20,21);1H. The molecule has 6 nitrogen and oxygen atoms in total. The molecule has 1 aliphatic rings. The van der Waals surface area contributed by atoms with Gasteiger partial charge in [0.05, 0.1) is 25.3 Å². The third kappa shape index (κ3) is 5.57. The van der Waals surface area contributed by atoms with Crippen LogP contribution in [0.2, 0.25) is 5.02 Å². The van der Waals surface area contributed by atoms with Crippen molar-refractivity contribution in [3.05, 3.63) is 23.2 Å². The molecule has 1 aliphatic heterocycles. The highest BCUT2D eigenvalue weighted by atomic mass is 35.5. The number of carbonyl (C=O) groups excluding carboxylic acids is 1. The number of ether oxygens (including phenoxy) is 1. The second-order valence-electron chi connectivity index (χ2n) is 5.28. The van der Waals surface area contributed by atoms with Crippen LogP contribution in [0.25, 0.3) is 0 Å². The van der Waals surface area contributed by atoms with Crippen molar-refractivity contribution in [3.8, 4) is 5.75 Å². The number of benzene rings is 1. The molecule has 0 radical (unpaired) electrons. The summed E-state index contributed by atoms with van der Waals surface area (Å²) in [5.41, 5.74) is 0.528. The normalized spacial score (nSPS) is 15.6. The highest BCUT2D eigenvalue weighted by Crippen LogP contribution is 2.27. The summed E-state index contributed by atoms with van der Waals surface area (Å²) in [4.78, 5) is 25.0. The number of halogens is 2. The maximum Gasteiger partial charge on any atom is 0.306 e. The van der Waals surface area contributed by atoms with Crippen LogP contribution < -0.4 is 10.1 Å². The molecule has 1 saturated heterocycles. The predicted octanol–water partition coefficient (Wildman–Crippen LogP) is 2.51. The summed E-state index contributed by atoms with van der Waals surface area (Å²) in [5, 5.41) is 12.3. The smallest absolute Gasteiger partial charge is 0.306 e. The number of carboxylic acid groups (broad SMARTS) is 1. The van der Waals surface area contributed by atoms with Gasteiger partial charge in [0, 0.05) is 5.02 Å². The van der Waals surface area contributed by atoms with E-state index in [1.54, 1.807) is 18.2 Å². The van der Waals surface area contributed by atoms with E-state index in [2.05, 4.69) is 5.32 Å². The average Bonchev–Trinajstić information content (AvgIpc) is 2.48. The number of methoxy groups -OCH3 is 1. The summed E-state index contributed by atoms with van der Waals surface area (Å²) >= 11 is 5.92. The summed E-state index contributed by atoms with van der Waals surface area (Å²) in [6.07, 6.45) is 1.15. The van der Waals surface area contributed by atoms with Gasteiger partial charge in [-0.3, -0.25) is 14.5 Å². The number of likely N-dealkylation sites (tertiary alicyclic amines) is 1. The van der Waals surface area contributed by atoms with Crippen molar-refractivity contribution in [2.45, 2.75) is 12.8 Å². The molecule has 0 aromatic heterocycles. The van der Waals surface area contributed by atoms with Crippen LogP contribution >= 0.6 is 24.0 Å². The summed E-state index contributed by atoms with van der Waals surface area (Å²) in [5.74, 6) is -0.684. The third-order valence-corrected chi connectivity index (χ3v) is 3.97. The minimum atomic E-state index is -0.757. The lowest BCUT2D eigenvalue weighted by atomic mass is 9.97. The lowest BCUT2D eigenvalue weighted by molar-refractivity contribution is -0.143. The molecule has 1 aromatic carbocycles. The van der Waals surface area contributed by atoms with Crippen LogP contribution in [-0.4, -0.2) is 48.6 Å². The van der Waals surface area contributed by atoms with E-state index in [1.807, 2.05) is 4.90 Å². The van der Waals surface area contributed by atoms with Gasteiger partial charge in [0.15, 0.2) is 0 Å². The summed E-state index contributed by atoms with van der Waals surface area (Å²) in [6, 6.07) is 5.01. The first-order valence-corrected chi connectivity index (χ1v) is 7.46. The number of piperidine rings is 1. The number of hydrogen-bond donors (Lipinski definition) is 2. The summed E-state index contributed by atoms with van der Waals surface area (Å²) < 4.78 is 5.18. The van der Waals surface area contributed by atoms with Crippen LogP contribution in [0.4, 0.5) is 5.69 Å². The van der Waals surface area contributed by atoms with Crippen LogP contribution in [0.1, 0.15) is 12.8 Å². The first-order chi connectivity index (χ1) is 10.5. The van der Waals surface area contributed by atoms with Gasteiger partial charge in [-0.1, -0.05) is 11.6 Å². The number of aliphatic carboxylic acids is 1. The molecule has 1 amide bonds. The second-order valence-corrected chi connectivity index (χ2v) is 5.72. The number of anilines is 1. The van der Waals surface area contributed by atoms with Crippen molar-refractivity contribution in [2.24, 2.45) is 5.92 Å². The average molecular weight is 363 g/mol. The van der Waals surface area contributed by atoms with E-state index in [9.17, 15) is 9.59 Å². The predicted molar refractivity (Wildman–Crippen MR) is 90.7 cm³/mol. The van der Waals surface area contributed by atoms with Gasteiger partial charge in [0.1, 0.15) is 5.75 Å². The van der Waals surface area contributed by atoms with E-state index in [1.165, 1.54) is 7.11 Å². The molecule has 23 heavy (non-hydrogen) atoms. The van der Waals surface area contributed by atoms with Crippen molar-refractivity contribution in [1.82, 2.24) is 4.90 Å². The van der Waals surface area contributed by atoms with E-state index >= 15 is 0 Å². The van der Waals surface area contributed by atoms with Crippen LogP contribution in [0.5, 0.6) is 5.75 Å². The van der Waals surface area contributed by atoms with Crippen molar-refractivity contribution in [1.29, 1.82) is 0 Å². The molecule has 2 rings (SSSR count). The maximum absolute atomic E-state index is 12.1. The lowest BCUT2D eigenvalue weighted by Crippen LogP contribution is -2.40. The van der Waals surface area contributed by atoms with E-state index < -0.39 is 5.97 Å². The van der Waals surface area contributed by atoms with Gasteiger partial charge in [-0.15, -0.1) is 12.4 Å². The Morgan fingerprint density at radius 1 is 1.39 bits per heavy atom. The minimum absolute atomic E-state index is 0. The molecular formula is C15H20Cl2N2O4. The molecule has 0 aliphatic carbocycles. The first kappa shape index (κ1) is 19.5. The number of rotatable bonds is 5. The molecule has 1 aromatic rings. The molecule has 2 N–H and O–H groups in total. The Labute approximate surface area is 146 Å². The highest BCUT2D eigenvalue weighted by molar-refractivity contribution is 6.31. The van der Waals surface area contributed by atoms with E-state index in [0.717, 1.165) is 0 Å². The lowest BCUT2D eigenvalue weighted by Gasteiger charge is -2.29. The van der Waals surface area contributed by atoms with Gasteiger partial charge in [0.25, 0.3) is 0 Å². The fourth-order valence-electron chi connectivity index (χ4n) is 2.51. The number of nitrogens with one attached hydrogen (secondary N) is 1. The quantitative estimate of drug-likeness (QED) is 0.841. The Morgan fingerprint density at radius 3 is 2.61 bits per heavy atom. The van der Waals surface area contributed by atoms with Gasteiger partial charge < -0.3 is 15.2 Å². The number of nitrogens with zero attached hydrogens (tertiary/aromatic N) is 1. The zero-order valence-corrected chi connectivity index (χ0v) is 14.3. The molecular weight excluding hydrogens is 343 g/mol. The van der Waals surface area contributed by atoms with Crippen LogP contribution in [0.3, 0.4) is 0 Å². The van der Waals surface area contributed by atoms with E-state index in [-0.39, 0.29) is 30.8 Å². The van der Waals surface area contributed by atoms with Crippen LogP contribution in [0.15, 0.2) is 18.2 Å². The Bertz CT molecular complexity index is 560. The van der Waals surface area contributed by atoms with Crippen molar-refractivity contribution in [2.75, 3.05) is 32.1 Å². The van der Waals surface area contributed by atoms with E-state index in [4.69, 9.17) is 21.4 Å². The van der Waals surface area contributed by atoms with Crippen LogP contribution in [-0.2, 0) is 9.59 Å². The monoisotopic (exact) mass is 362 g/mol. The SMILES string of the molecule is COc1ccc(Cl)cc1NC(=O)CN1CCC(C(=O)O)CC1.Cl. The molecule has 0 bridgehead atoms. The van der Waals surface area contributed by atoms with Gasteiger partial charge in [-0.25, -0.2) is 0 Å². The van der Waals surface area contributed by atoms with E-state index in [0.29, 0.717) is 42.4 Å². The van der Waals surface area contributed by atoms with Gasteiger partial charge in [-0.2, -0.15) is 0 Å². The third-order valence-electron chi connectivity index (χ3n) is 3.74. The summed E-state index contributed by atoms with van der Waals surface area (Å²) in [6.45, 7) is 1.44. The number of carbonyl (C=O) groups is 2. The van der Waals surface area contributed by atoms with Crippen molar-refractivity contribution < 1.29 is 19.4 Å². The largest absolute Gasteiger partial charge is 0.495 e. The summed E-state index contributed by atoms with van der Waals surface area (Å²) in [7, 11) is 1.52. The van der Waals surface area contributed by atoms with Gasteiger partial charge in [0.2, 0.25) is 5.91 Å².